The van der Waals surface area contributed by atoms with Crippen LogP contribution in [0.5, 0.6) is 0 Å². The van der Waals surface area contributed by atoms with Crippen LogP contribution in [0.4, 0.5) is 0 Å². The summed E-state index contributed by atoms with van der Waals surface area (Å²) < 4.78 is 0. The van der Waals surface area contributed by atoms with Crippen molar-refractivity contribution in [2.24, 2.45) is 0 Å². The number of carbonyl (C=O) groups is 2. The summed E-state index contributed by atoms with van der Waals surface area (Å²) in [5, 5.41) is 2.26. The van der Waals surface area contributed by atoms with E-state index in [0.29, 0.717) is 11.1 Å². The molecule has 1 N–H and O–H groups in total. The molecule has 0 fully saturated rings. The molecule has 2 aliphatic rings. The summed E-state index contributed by atoms with van der Waals surface area (Å²) in [6, 6.07) is 9.60. The van der Waals surface area contributed by atoms with Crippen LogP contribution >= 0.6 is 0 Å². The van der Waals surface area contributed by atoms with Gasteiger partial charge in [0.15, 0.2) is 0 Å². The molecule has 0 saturated carbocycles. The average Bonchev–Trinajstić information content (AvgIpc) is 2.87. The Hall–Kier alpha value is -1.90. The Labute approximate surface area is 80.4 Å². The van der Waals surface area contributed by atoms with Crippen molar-refractivity contribution in [3.8, 4) is 0 Å². The molecular weight excluding hydrogens is 178 g/mol. The summed E-state index contributed by atoms with van der Waals surface area (Å²) >= 11 is 0. The number of hydrogen-bond acceptors (Lipinski definition) is 2. The molecule has 0 saturated heterocycles. The van der Waals surface area contributed by atoms with Crippen LogP contribution in [0.2, 0.25) is 0 Å². The Morgan fingerprint density at radius 1 is 0.929 bits per heavy atom. The van der Waals surface area contributed by atoms with Crippen LogP contribution in [0, 0.1) is 0 Å². The van der Waals surface area contributed by atoms with E-state index in [9.17, 15) is 9.59 Å². The number of hydrogen-bond donors (Lipinski definition) is 1. The third-order valence-electron chi connectivity index (χ3n) is 2.63. The van der Waals surface area contributed by atoms with E-state index in [1.807, 2.05) is 30.3 Å². The lowest BCUT2D eigenvalue weighted by Crippen LogP contribution is -2.28. The second-order valence-corrected chi connectivity index (χ2v) is 3.45. The van der Waals surface area contributed by atoms with Crippen LogP contribution in [0.25, 0.3) is 0 Å². The maximum absolute atomic E-state index is 11.2. The number of nitrogens with one attached hydrogen (secondary N) is 1. The zero-order chi connectivity index (χ0) is 9.71. The molecule has 14 heavy (non-hydrogen) atoms. The van der Waals surface area contributed by atoms with Crippen molar-refractivity contribution >= 4 is 11.8 Å². The summed E-state index contributed by atoms with van der Waals surface area (Å²) in [4.78, 5) is 22.4. The summed E-state index contributed by atoms with van der Waals surface area (Å²) in [5.74, 6) is -0.477. The number of amides is 2. The highest BCUT2D eigenvalue weighted by atomic mass is 16.2. The molecule has 0 bridgehead atoms. The van der Waals surface area contributed by atoms with Gasteiger partial charge in [-0.25, -0.2) is 0 Å². The number of benzene rings is 1. The van der Waals surface area contributed by atoms with Gasteiger partial charge in [-0.1, -0.05) is 30.3 Å². The minimum absolute atomic E-state index is 0.0301. The Bertz CT molecular complexity index is 449. The first-order valence-electron chi connectivity index (χ1n) is 4.43. The largest absolute Gasteiger partial charge is 0.289 e. The van der Waals surface area contributed by atoms with Crippen LogP contribution < -0.4 is 5.32 Å². The quantitative estimate of drug-likeness (QED) is 0.656. The van der Waals surface area contributed by atoms with Gasteiger partial charge in [0.05, 0.1) is 0 Å². The van der Waals surface area contributed by atoms with E-state index in [-0.39, 0.29) is 17.7 Å². The van der Waals surface area contributed by atoms with Gasteiger partial charge in [0.1, 0.15) is 0 Å². The van der Waals surface area contributed by atoms with E-state index in [1.54, 1.807) is 0 Å². The Kier molecular flexibility index (Phi) is 1.24. The lowest BCUT2D eigenvalue weighted by atomic mass is 10.0. The van der Waals surface area contributed by atoms with Crippen molar-refractivity contribution in [2.45, 2.75) is 5.92 Å². The van der Waals surface area contributed by atoms with Gasteiger partial charge in [0.25, 0.3) is 11.8 Å². The molecule has 1 aliphatic heterocycles. The van der Waals surface area contributed by atoms with Gasteiger partial charge in [-0.2, -0.15) is 0 Å². The van der Waals surface area contributed by atoms with Crippen LogP contribution in [-0.2, 0) is 9.59 Å². The van der Waals surface area contributed by atoms with Gasteiger partial charge in [0, 0.05) is 17.1 Å². The Morgan fingerprint density at radius 2 is 1.50 bits per heavy atom. The molecule has 0 unspecified atom stereocenters. The molecule has 0 spiro atoms. The first-order chi connectivity index (χ1) is 6.79. The minimum Gasteiger partial charge on any atom is -0.289 e. The molecule has 0 radical (unpaired) electrons. The highest BCUT2D eigenvalue weighted by molar-refractivity contribution is 6.28. The smallest absolute Gasteiger partial charge is 0.255 e. The van der Waals surface area contributed by atoms with Crippen molar-refractivity contribution in [2.75, 3.05) is 0 Å². The van der Waals surface area contributed by atoms with Gasteiger partial charge in [-0.15, -0.1) is 0 Å². The van der Waals surface area contributed by atoms with Crippen molar-refractivity contribution in [3.63, 3.8) is 0 Å². The van der Waals surface area contributed by atoms with Crippen LogP contribution in [-0.4, -0.2) is 11.8 Å². The fourth-order valence-corrected chi connectivity index (χ4v) is 1.95. The molecular formula is C11H7NO2. The Morgan fingerprint density at radius 3 is 2.07 bits per heavy atom. The SMILES string of the molecule is O=C1NC(=O)C2=C1C2c1ccccc1. The number of imide groups is 1. The van der Waals surface area contributed by atoms with Crippen molar-refractivity contribution < 1.29 is 9.59 Å². The second-order valence-electron chi connectivity index (χ2n) is 3.45. The van der Waals surface area contributed by atoms with E-state index < -0.39 is 0 Å². The highest BCUT2D eigenvalue weighted by Crippen LogP contribution is 2.50. The lowest BCUT2D eigenvalue weighted by Gasteiger charge is -2.05. The molecule has 1 aromatic carbocycles. The lowest BCUT2D eigenvalue weighted by molar-refractivity contribution is -0.125. The minimum atomic E-state index is -0.223. The first-order valence-corrected chi connectivity index (χ1v) is 4.43. The summed E-state index contributed by atoms with van der Waals surface area (Å²) in [6.07, 6.45) is 0. The molecule has 3 heteroatoms. The van der Waals surface area contributed by atoms with E-state index in [2.05, 4.69) is 5.32 Å². The van der Waals surface area contributed by atoms with Gasteiger partial charge >= 0.3 is 0 Å². The molecule has 3 rings (SSSR count). The third-order valence-corrected chi connectivity index (χ3v) is 2.63. The van der Waals surface area contributed by atoms with Gasteiger partial charge in [-0.3, -0.25) is 14.9 Å². The van der Waals surface area contributed by atoms with Gasteiger partial charge < -0.3 is 0 Å². The van der Waals surface area contributed by atoms with Crippen molar-refractivity contribution in [3.05, 3.63) is 47.0 Å². The van der Waals surface area contributed by atoms with Crippen LogP contribution in [0.1, 0.15) is 11.5 Å². The molecule has 0 aromatic heterocycles. The standard InChI is InChI=1S/C11H7NO2/c13-10-8-7(9(8)11(14)12-10)6-4-2-1-3-5-6/h1-5,7H,(H,12,13,14). The average molecular weight is 185 g/mol. The zero-order valence-corrected chi connectivity index (χ0v) is 7.28. The number of rotatable bonds is 1. The first kappa shape index (κ1) is 7.50. The van der Waals surface area contributed by atoms with Crippen LogP contribution in [0.3, 0.4) is 0 Å². The summed E-state index contributed by atoms with van der Waals surface area (Å²) in [5.41, 5.74) is 2.34. The third kappa shape index (κ3) is 0.812. The fourth-order valence-electron chi connectivity index (χ4n) is 1.95. The van der Waals surface area contributed by atoms with Crippen molar-refractivity contribution in [1.82, 2.24) is 5.32 Å². The molecule has 1 aromatic rings. The van der Waals surface area contributed by atoms with E-state index in [0.717, 1.165) is 5.56 Å². The molecule has 0 atom stereocenters. The van der Waals surface area contributed by atoms with Crippen molar-refractivity contribution in [1.29, 1.82) is 0 Å². The highest BCUT2D eigenvalue weighted by Gasteiger charge is 2.51. The van der Waals surface area contributed by atoms with E-state index >= 15 is 0 Å². The molecule has 3 nitrogen and oxygen atoms in total. The second kappa shape index (κ2) is 2.32. The molecule has 2 amide bonds. The van der Waals surface area contributed by atoms with Gasteiger partial charge in [0.2, 0.25) is 0 Å². The maximum Gasteiger partial charge on any atom is 0.255 e. The maximum atomic E-state index is 11.2. The zero-order valence-electron chi connectivity index (χ0n) is 7.28. The molecule has 1 heterocycles. The normalized spacial score (nSPS) is 19.7. The predicted molar refractivity (Wildman–Crippen MR) is 49.4 cm³/mol. The molecule has 1 aliphatic carbocycles. The monoisotopic (exact) mass is 185 g/mol. The van der Waals surface area contributed by atoms with E-state index in [4.69, 9.17) is 0 Å². The number of piperidine rings is 1. The Balaban J connectivity index is 1.96. The molecule has 68 valence electrons. The number of carbonyl (C=O) groups excluding carboxylic acids is 2. The van der Waals surface area contributed by atoms with Crippen LogP contribution in [0.15, 0.2) is 41.5 Å². The fraction of sp³-hybridized carbons (Fsp3) is 0.0909. The summed E-state index contributed by atoms with van der Waals surface area (Å²) in [6.45, 7) is 0. The summed E-state index contributed by atoms with van der Waals surface area (Å²) in [7, 11) is 0. The topological polar surface area (TPSA) is 46.2 Å². The van der Waals surface area contributed by atoms with Gasteiger partial charge in [-0.05, 0) is 5.56 Å². The predicted octanol–water partition coefficient (Wildman–Crippen LogP) is 0.737. The van der Waals surface area contributed by atoms with E-state index in [1.165, 1.54) is 0 Å².